The Kier molecular flexibility index (Phi) is 3.78. The third kappa shape index (κ3) is 2.66. The lowest BCUT2D eigenvalue weighted by Crippen LogP contribution is -2.29. The number of rotatable bonds is 3. The van der Waals surface area contributed by atoms with Crippen molar-refractivity contribution < 1.29 is 32.0 Å². The van der Waals surface area contributed by atoms with Gasteiger partial charge in [0.2, 0.25) is 6.29 Å². The highest BCUT2D eigenvalue weighted by molar-refractivity contribution is 7.86. The number of cyclic esters (lactones) is 2. The highest BCUT2D eigenvalue weighted by Gasteiger charge is 2.34. The zero-order chi connectivity index (χ0) is 14.9. The second kappa shape index (κ2) is 5.22. The summed E-state index contributed by atoms with van der Waals surface area (Å²) in [6.07, 6.45) is -0.180. The topological polar surface area (TPSA) is 107 Å². The molecule has 0 aliphatic carbocycles. The average molecular weight is 300 g/mol. The SMILES string of the molecule is CCCC1OC(=O)c2cccc(c2S(=O)(=O)O)C(=O)O1. The Hall–Kier alpha value is -1.93. The van der Waals surface area contributed by atoms with Gasteiger partial charge in [0.05, 0.1) is 11.1 Å². The molecule has 0 radical (unpaired) electrons. The van der Waals surface area contributed by atoms with Gasteiger partial charge in [-0.15, -0.1) is 0 Å². The van der Waals surface area contributed by atoms with E-state index in [0.29, 0.717) is 12.8 Å². The van der Waals surface area contributed by atoms with Crippen molar-refractivity contribution in [3.05, 3.63) is 29.3 Å². The van der Waals surface area contributed by atoms with Gasteiger partial charge in [-0.05, 0) is 18.6 Å². The van der Waals surface area contributed by atoms with Gasteiger partial charge >= 0.3 is 11.9 Å². The van der Waals surface area contributed by atoms with Crippen LogP contribution in [0.3, 0.4) is 0 Å². The molecule has 1 aromatic rings. The van der Waals surface area contributed by atoms with Gasteiger partial charge in [0.25, 0.3) is 10.1 Å². The zero-order valence-electron chi connectivity index (χ0n) is 10.5. The third-order valence-corrected chi connectivity index (χ3v) is 3.67. The minimum absolute atomic E-state index is 0.295. The van der Waals surface area contributed by atoms with E-state index in [9.17, 15) is 22.6 Å². The molecule has 0 unspecified atom stereocenters. The van der Waals surface area contributed by atoms with E-state index in [4.69, 9.17) is 9.47 Å². The molecule has 0 amide bonds. The predicted molar refractivity (Wildman–Crippen MR) is 65.8 cm³/mol. The molecular formula is C12H12O7S. The Morgan fingerprint density at radius 3 is 2.05 bits per heavy atom. The largest absolute Gasteiger partial charge is 0.422 e. The van der Waals surface area contributed by atoms with E-state index < -0.39 is 33.2 Å². The van der Waals surface area contributed by atoms with E-state index in [2.05, 4.69) is 0 Å². The molecule has 8 heteroatoms. The molecule has 108 valence electrons. The fourth-order valence-electron chi connectivity index (χ4n) is 1.88. The van der Waals surface area contributed by atoms with Gasteiger partial charge in [0.15, 0.2) is 0 Å². The number of fused-ring (bicyclic) bond motifs is 2. The second-order valence-corrected chi connectivity index (χ2v) is 5.54. The molecule has 1 heterocycles. The van der Waals surface area contributed by atoms with E-state index in [1.54, 1.807) is 0 Å². The van der Waals surface area contributed by atoms with Crippen LogP contribution in [0.25, 0.3) is 0 Å². The monoisotopic (exact) mass is 300 g/mol. The van der Waals surface area contributed by atoms with Crippen LogP contribution in [0.5, 0.6) is 0 Å². The summed E-state index contributed by atoms with van der Waals surface area (Å²) in [6.45, 7) is 1.81. The van der Waals surface area contributed by atoms with Crippen LogP contribution in [0.4, 0.5) is 0 Å². The fraction of sp³-hybridized carbons (Fsp3) is 0.333. The number of carbonyl (C=O) groups is 2. The number of esters is 2. The van der Waals surface area contributed by atoms with Crippen LogP contribution in [0.15, 0.2) is 23.1 Å². The molecule has 0 spiro atoms. The second-order valence-electron chi connectivity index (χ2n) is 4.19. The molecule has 1 aromatic carbocycles. The van der Waals surface area contributed by atoms with Crippen LogP contribution >= 0.6 is 0 Å². The maximum atomic E-state index is 11.9. The van der Waals surface area contributed by atoms with E-state index in [1.165, 1.54) is 6.07 Å². The molecule has 1 aliphatic rings. The van der Waals surface area contributed by atoms with Crippen molar-refractivity contribution in [2.75, 3.05) is 0 Å². The van der Waals surface area contributed by atoms with Gasteiger partial charge in [-0.3, -0.25) is 4.55 Å². The highest BCUT2D eigenvalue weighted by atomic mass is 32.2. The Labute approximate surface area is 115 Å². The molecule has 1 aliphatic heterocycles. The molecule has 2 rings (SSSR count). The van der Waals surface area contributed by atoms with Crippen LogP contribution in [-0.4, -0.2) is 31.2 Å². The van der Waals surface area contributed by atoms with E-state index >= 15 is 0 Å². The van der Waals surface area contributed by atoms with Crippen LogP contribution in [0, 0.1) is 0 Å². The van der Waals surface area contributed by atoms with Crippen molar-refractivity contribution in [2.24, 2.45) is 0 Å². The standard InChI is InChI=1S/C12H12O7S/c1-2-4-9-18-11(13)7-5-3-6-8(12(14)19-9)10(7)20(15,16)17/h3,5-6,9H,2,4H2,1H3,(H,15,16,17). The van der Waals surface area contributed by atoms with E-state index in [-0.39, 0.29) is 11.1 Å². The van der Waals surface area contributed by atoms with Crippen LogP contribution < -0.4 is 0 Å². The van der Waals surface area contributed by atoms with Gasteiger partial charge in [-0.2, -0.15) is 8.42 Å². The summed E-state index contributed by atoms with van der Waals surface area (Å²) in [5.41, 5.74) is -0.773. The quantitative estimate of drug-likeness (QED) is 0.663. The lowest BCUT2D eigenvalue weighted by molar-refractivity contribution is -0.0848. The van der Waals surface area contributed by atoms with Gasteiger partial charge in [-0.1, -0.05) is 13.0 Å². The Morgan fingerprint density at radius 1 is 1.15 bits per heavy atom. The molecule has 0 saturated carbocycles. The number of ether oxygens (including phenoxy) is 2. The number of carbonyl (C=O) groups excluding carboxylic acids is 2. The maximum Gasteiger partial charge on any atom is 0.342 e. The van der Waals surface area contributed by atoms with E-state index in [0.717, 1.165) is 12.1 Å². The lowest BCUT2D eigenvalue weighted by Gasteiger charge is -2.22. The number of hydrogen-bond acceptors (Lipinski definition) is 6. The molecule has 0 aromatic heterocycles. The van der Waals surface area contributed by atoms with E-state index in [1.807, 2.05) is 6.92 Å². The van der Waals surface area contributed by atoms with Gasteiger partial charge in [0, 0.05) is 6.42 Å². The first kappa shape index (κ1) is 14.5. The summed E-state index contributed by atoms with van der Waals surface area (Å²) < 4.78 is 41.8. The highest BCUT2D eigenvalue weighted by Crippen LogP contribution is 2.26. The Balaban J connectivity index is 2.62. The Morgan fingerprint density at radius 2 is 1.65 bits per heavy atom. The van der Waals surface area contributed by atoms with Crippen molar-refractivity contribution >= 4 is 22.1 Å². The molecular weight excluding hydrogens is 288 g/mol. The van der Waals surface area contributed by atoms with Gasteiger partial charge in [0.1, 0.15) is 4.90 Å². The summed E-state index contributed by atoms with van der Waals surface area (Å²) in [5, 5.41) is 0. The van der Waals surface area contributed by atoms with Crippen LogP contribution in [0.2, 0.25) is 0 Å². The lowest BCUT2D eigenvalue weighted by atomic mass is 10.1. The number of benzene rings is 1. The van der Waals surface area contributed by atoms with Crippen molar-refractivity contribution in [1.29, 1.82) is 0 Å². The van der Waals surface area contributed by atoms with Crippen LogP contribution in [-0.2, 0) is 19.6 Å². The Bertz CT molecular complexity index is 626. The van der Waals surface area contributed by atoms with Crippen molar-refractivity contribution in [1.82, 2.24) is 0 Å². The van der Waals surface area contributed by atoms with Crippen LogP contribution in [0.1, 0.15) is 40.5 Å². The maximum absolute atomic E-state index is 11.9. The molecule has 2 bridgehead atoms. The summed E-state index contributed by atoms with van der Waals surface area (Å²) in [7, 11) is -4.76. The van der Waals surface area contributed by atoms with Crippen molar-refractivity contribution in [3.63, 3.8) is 0 Å². The molecule has 1 N–H and O–H groups in total. The normalized spacial score (nSPS) is 16.1. The first-order valence-corrected chi connectivity index (χ1v) is 7.31. The minimum Gasteiger partial charge on any atom is -0.422 e. The summed E-state index contributed by atoms with van der Waals surface area (Å²) >= 11 is 0. The molecule has 20 heavy (non-hydrogen) atoms. The zero-order valence-corrected chi connectivity index (χ0v) is 11.3. The smallest absolute Gasteiger partial charge is 0.342 e. The summed E-state index contributed by atoms with van der Waals surface area (Å²) in [6, 6.07) is 3.63. The van der Waals surface area contributed by atoms with Crippen molar-refractivity contribution in [3.8, 4) is 0 Å². The summed E-state index contributed by atoms with van der Waals surface area (Å²) in [5.74, 6) is -1.93. The molecule has 0 fully saturated rings. The van der Waals surface area contributed by atoms with Crippen molar-refractivity contribution in [2.45, 2.75) is 31.0 Å². The fourth-order valence-corrected chi connectivity index (χ4v) is 2.74. The molecule has 7 nitrogen and oxygen atoms in total. The van der Waals surface area contributed by atoms with Gasteiger partial charge < -0.3 is 9.47 Å². The number of hydrogen-bond donors (Lipinski definition) is 1. The average Bonchev–Trinajstić information content (AvgIpc) is 2.36. The molecule has 0 saturated heterocycles. The summed E-state index contributed by atoms with van der Waals surface area (Å²) in [4.78, 5) is 23.0. The molecule has 0 atom stereocenters. The minimum atomic E-state index is -4.76. The van der Waals surface area contributed by atoms with Gasteiger partial charge in [-0.25, -0.2) is 9.59 Å². The predicted octanol–water partition coefficient (Wildman–Crippen LogP) is 1.39. The first-order valence-electron chi connectivity index (χ1n) is 5.87. The first-order chi connectivity index (χ1) is 9.34. The third-order valence-electron chi connectivity index (χ3n) is 2.71.